The van der Waals surface area contributed by atoms with Gasteiger partial charge in [0, 0.05) is 17.2 Å². The van der Waals surface area contributed by atoms with E-state index in [4.69, 9.17) is 4.74 Å². The smallest absolute Gasteiger partial charge is 0.339 e. The van der Waals surface area contributed by atoms with E-state index in [-0.39, 0.29) is 28.3 Å². The second-order valence-corrected chi connectivity index (χ2v) is 7.09. The van der Waals surface area contributed by atoms with E-state index in [0.717, 1.165) is 11.1 Å². The van der Waals surface area contributed by atoms with E-state index >= 15 is 0 Å². The van der Waals surface area contributed by atoms with Crippen LogP contribution in [0.5, 0.6) is 0 Å². The first-order valence-corrected chi connectivity index (χ1v) is 9.69. The van der Waals surface area contributed by atoms with Crippen LogP contribution >= 0.6 is 0 Å². The Bertz CT molecular complexity index is 1220. The Hall–Kier alpha value is -4.33. The van der Waals surface area contributed by atoms with Gasteiger partial charge >= 0.3 is 5.97 Å². The molecule has 3 aromatic rings. The first kappa shape index (κ1) is 22.4. The number of esters is 1. The van der Waals surface area contributed by atoms with Gasteiger partial charge in [0.25, 0.3) is 11.6 Å². The lowest BCUT2D eigenvalue weighted by Crippen LogP contribution is -2.22. The van der Waals surface area contributed by atoms with Crippen molar-refractivity contribution in [1.29, 1.82) is 0 Å². The van der Waals surface area contributed by atoms with Crippen LogP contribution in [0.2, 0.25) is 0 Å². The number of nitrogens with zero attached hydrogens (tertiary/aromatic N) is 1. The number of para-hydroxylation sites is 2. The Labute approximate surface area is 184 Å². The van der Waals surface area contributed by atoms with E-state index in [1.54, 1.807) is 25.1 Å². The average Bonchev–Trinajstić information content (AvgIpc) is 2.78. The Balaban J connectivity index is 1.74. The molecule has 0 aliphatic rings. The molecule has 0 spiro atoms. The zero-order chi connectivity index (χ0) is 23.3. The molecule has 162 valence electrons. The van der Waals surface area contributed by atoms with Crippen LogP contribution in [0.3, 0.4) is 0 Å². The van der Waals surface area contributed by atoms with Crippen molar-refractivity contribution in [2.75, 3.05) is 11.9 Å². The van der Waals surface area contributed by atoms with Gasteiger partial charge in [0.15, 0.2) is 12.4 Å². The summed E-state index contributed by atoms with van der Waals surface area (Å²) < 4.78 is 5.07. The normalized spacial score (nSPS) is 10.3. The number of rotatable bonds is 7. The van der Waals surface area contributed by atoms with Crippen molar-refractivity contribution in [3.05, 3.63) is 105 Å². The van der Waals surface area contributed by atoms with E-state index in [2.05, 4.69) is 5.32 Å². The van der Waals surface area contributed by atoms with Crippen molar-refractivity contribution in [1.82, 2.24) is 0 Å². The zero-order valence-electron chi connectivity index (χ0n) is 17.5. The topological polar surface area (TPSA) is 116 Å². The molecule has 1 N–H and O–H groups in total. The maximum absolute atomic E-state index is 13.1. The highest BCUT2D eigenvalue weighted by molar-refractivity contribution is 6.15. The second kappa shape index (κ2) is 9.65. The number of hydrogen-bond acceptors (Lipinski definition) is 6. The minimum atomic E-state index is -0.850. The van der Waals surface area contributed by atoms with E-state index in [1.807, 2.05) is 19.1 Å². The van der Waals surface area contributed by atoms with Crippen LogP contribution in [0.15, 0.2) is 66.7 Å². The van der Waals surface area contributed by atoms with Gasteiger partial charge in [0.05, 0.1) is 10.5 Å². The molecule has 0 heterocycles. The fraction of sp³-hybridized carbons (Fsp3) is 0.125. The van der Waals surface area contributed by atoms with Gasteiger partial charge in [-0.15, -0.1) is 0 Å². The molecule has 0 atom stereocenters. The molecule has 0 unspecified atom stereocenters. The largest absolute Gasteiger partial charge is 0.452 e. The molecule has 8 nitrogen and oxygen atoms in total. The molecule has 0 saturated carbocycles. The summed E-state index contributed by atoms with van der Waals surface area (Å²) in [5, 5.41) is 13.4. The molecule has 3 aromatic carbocycles. The van der Waals surface area contributed by atoms with Crippen LogP contribution in [-0.2, 0) is 9.53 Å². The van der Waals surface area contributed by atoms with Gasteiger partial charge in [-0.1, -0.05) is 48.0 Å². The number of benzene rings is 3. The van der Waals surface area contributed by atoms with Crippen molar-refractivity contribution in [3.63, 3.8) is 0 Å². The van der Waals surface area contributed by atoms with Gasteiger partial charge in [0.2, 0.25) is 0 Å². The van der Waals surface area contributed by atoms with Gasteiger partial charge < -0.3 is 10.1 Å². The predicted molar refractivity (Wildman–Crippen MR) is 118 cm³/mol. The number of nitro groups is 1. The Morgan fingerprint density at radius 3 is 2.28 bits per heavy atom. The SMILES string of the molecule is Cc1ccc(C)c(C(=O)c2ccccc2C(=O)OCC(=O)Nc2ccccc2[N+](=O)[O-])c1. The fourth-order valence-corrected chi connectivity index (χ4v) is 3.12. The van der Waals surface area contributed by atoms with Gasteiger partial charge in [-0.3, -0.25) is 19.7 Å². The maximum atomic E-state index is 13.1. The van der Waals surface area contributed by atoms with Crippen LogP contribution in [0.4, 0.5) is 11.4 Å². The molecule has 3 rings (SSSR count). The van der Waals surface area contributed by atoms with Crippen LogP contribution in [0.25, 0.3) is 0 Å². The number of carbonyl (C=O) groups excluding carboxylic acids is 3. The Morgan fingerprint density at radius 1 is 0.906 bits per heavy atom. The molecule has 8 heteroatoms. The first-order valence-electron chi connectivity index (χ1n) is 9.69. The first-order chi connectivity index (χ1) is 15.3. The lowest BCUT2D eigenvalue weighted by atomic mass is 9.94. The average molecular weight is 432 g/mol. The molecular weight excluding hydrogens is 412 g/mol. The van der Waals surface area contributed by atoms with Crippen LogP contribution in [0, 0.1) is 24.0 Å². The molecule has 32 heavy (non-hydrogen) atoms. The summed E-state index contributed by atoms with van der Waals surface area (Å²) in [6.45, 7) is 3.00. The van der Waals surface area contributed by atoms with Gasteiger partial charge in [-0.2, -0.15) is 0 Å². The van der Waals surface area contributed by atoms with E-state index in [0.29, 0.717) is 5.56 Å². The number of aryl methyl sites for hydroxylation is 2. The monoisotopic (exact) mass is 432 g/mol. The number of ether oxygens (including phenoxy) is 1. The molecule has 0 aromatic heterocycles. The van der Waals surface area contributed by atoms with Crippen molar-refractivity contribution in [3.8, 4) is 0 Å². The number of anilines is 1. The number of ketones is 1. The standard InChI is InChI=1S/C24H20N2O6/c1-15-11-12-16(2)19(13-15)23(28)17-7-3-4-8-18(17)24(29)32-14-22(27)25-20-9-5-6-10-21(20)26(30)31/h3-13H,14H2,1-2H3,(H,25,27). The van der Waals surface area contributed by atoms with E-state index in [9.17, 15) is 24.5 Å². The third kappa shape index (κ3) is 5.04. The van der Waals surface area contributed by atoms with E-state index in [1.165, 1.54) is 36.4 Å². The molecule has 0 aliphatic carbocycles. The molecule has 0 saturated heterocycles. The number of nitrogens with one attached hydrogen (secondary N) is 1. The summed E-state index contributed by atoms with van der Waals surface area (Å²) in [6, 6.07) is 17.3. The summed E-state index contributed by atoms with van der Waals surface area (Å²) in [6.07, 6.45) is 0. The van der Waals surface area contributed by atoms with Crippen molar-refractivity contribution in [2.45, 2.75) is 13.8 Å². The number of amides is 1. The Kier molecular flexibility index (Phi) is 6.74. The quantitative estimate of drug-likeness (QED) is 0.258. The van der Waals surface area contributed by atoms with Gasteiger partial charge in [-0.05, 0) is 37.6 Å². The lowest BCUT2D eigenvalue weighted by molar-refractivity contribution is -0.383. The number of carbonyl (C=O) groups is 3. The molecule has 0 bridgehead atoms. The van der Waals surface area contributed by atoms with Gasteiger partial charge in [-0.25, -0.2) is 4.79 Å². The van der Waals surface area contributed by atoms with Crippen molar-refractivity contribution < 1.29 is 24.0 Å². The summed E-state index contributed by atoms with van der Waals surface area (Å²) >= 11 is 0. The second-order valence-electron chi connectivity index (χ2n) is 7.09. The highest BCUT2D eigenvalue weighted by atomic mass is 16.6. The predicted octanol–water partition coefficient (Wildman–Crippen LogP) is 4.24. The van der Waals surface area contributed by atoms with Crippen molar-refractivity contribution >= 4 is 29.0 Å². The van der Waals surface area contributed by atoms with Crippen LogP contribution in [-0.4, -0.2) is 29.2 Å². The van der Waals surface area contributed by atoms with Gasteiger partial charge in [0.1, 0.15) is 5.69 Å². The summed E-state index contributed by atoms with van der Waals surface area (Å²) in [4.78, 5) is 48.3. The fourth-order valence-electron chi connectivity index (χ4n) is 3.12. The maximum Gasteiger partial charge on any atom is 0.339 e. The number of nitro benzene ring substituents is 1. The molecular formula is C24H20N2O6. The lowest BCUT2D eigenvalue weighted by Gasteiger charge is -2.11. The molecule has 0 aliphatic heterocycles. The van der Waals surface area contributed by atoms with Crippen LogP contribution < -0.4 is 5.32 Å². The highest BCUT2D eigenvalue weighted by Gasteiger charge is 2.22. The van der Waals surface area contributed by atoms with Crippen LogP contribution in [0.1, 0.15) is 37.4 Å². The minimum Gasteiger partial charge on any atom is -0.452 e. The third-order valence-electron chi connectivity index (χ3n) is 4.74. The zero-order valence-corrected chi connectivity index (χ0v) is 17.5. The highest BCUT2D eigenvalue weighted by Crippen LogP contribution is 2.23. The molecule has 0 fully saturated rings. The number of hydrogen-bond donors (Lipinski definition) is 1. The molecule has 0 radical (unpaired) electrons. The minimum absolute atomic E-state index is 0.0101. The van der Waals surface area contributed by atoms with E-state index < -0.39 is 23.4 Å². The summed E-state index contributed by atoms with van der Waals surface area (Å²) in [7, 11) is 0. The summed E-state index contributed by atoms with van der Waals surface area (Å²) in [5.41, 5.74) is 2.04. The summed E-state index contributed by atoms with van der Waals surface area (Å²) in [5.74, 6) is -1.92. The molecule has 1 amide bonds. The Morgan fingerprint density at radius 2 is 1.56 bits per heavy atom. The van der Waals surface area contributed by atoms with Crippen molar-refractivity contribution in [2.24, 2.45) is 0 Å². The third-order valence-corrected chi connectivity index (χ3v) is 4.74.